The average Bonchev–Trinajstić information content (AvgIpc) is 3.19. The summed E-state index contributed by atoms with van der Waals surface area (Å²) in [6, 6.07) is 8.41. The maximum absolute atomic E-state index is 12.3. The zero-order valence-electron chi connectivity index (χ0n) is 16.6. The molecule has 5 nitrogen and oxygen atoms in total. The Kier molecular flexibility index (Phi) is 8.92. The van der Waals surface area contributed by atoms with E-state index in [4.69, 9.17) is 4.74 Å². The van der Waals surface area contributed by atoms with Crippen LogP contribution in [0, 0.1) is 5.92 Å². The summed E-state index contributed by atoms with van der Waals surface area (Å²) >= 11 is 0. The van der Waals surface area contributed by atoms with E-state index in [0.717, 1.165) is 43.6 Å². The number of hydrogen-bond acceptors (Lipinski definition) is 3. The molecule has 1 heterocycles. The van der Waals surface area contributed by atoms with E-state index < -0.39 is 0 Å². The Bertz CT molecular complexity index is 538. The van der Waals surface area contributed by atoms with Gasteiger partial charge in [-0.2, -0.15) is 0 Å². The SMILES string of the molecule is CCC(CC)C(CNC(=O)NCc1ccccc1COC)N1CCCC1. The van der Waals surface area contributed by atoms with E-state index in [1.54, 1.807) is 7.11 Å². The monoisotopic (exact) mass is 361 g/mol. The van der Waals surface area contributed by atoms with Crippen LogP contribution < -0.4 is 10.6 Å². The predicted molar refractivity (Wildman–Crippen MR) is 106 cm³/mol. The van der Waals surface area contributed by atoms with Crippen LogP contribution in [0.5, 0.6) is 0 Å². The van der Waals surface area contributed by atoms with E-state index in [2.05, 4.69) is 29.4 Å². The molecule has 0 spiro atoms. The summed E-state index contributed by atoms with van der Waals surface area (Å²) in [7, 11) is 1.69. The topological polar surface area (TPSA) is 53.6 Å². The van der Waals surface area contributed by atoms with E-state index in [0.29, 0.717) is 25.1 Å². The molecule has 0 aromatic heterocycles. The van der Waals surface area contributed by atoms with Crippen LogP contribution in [-0.4, -0.2) is 43.7 Å². The molecule has 1 atom stereocenters. The molecule has 146 valence electrons. The number of rotatable bonds is 10. The van der Waals surface area contributed by atoms with E-state index in [-0.39, 0.29) is 6.03 Å². The molecular weight excluding hydrogens is 326 g/mol. The lowest BCUT2D eigenvalue weighted by Crippen LogP contribution is -2.48. The Morgan fingerprint density at radius 1 is 1.12 bits per heavy atom. The average molecular weight is 362 g/mol. The first-order chi connectivity index (χ1) is 12.7. The smallest absolute Gasteiger partial charge is 0.315 e. The van der Waals surface area contributed by atoms with Gasteiger partial charge in [-0.3, -0.25) is 4.90 Å². The largest absolute Gasteiger partial charge is 0.380 e. The van der Waals surface area contributed by atoms with E-state index >= 15 is 0 Å². The molecule has 1 aliphatic heterocycles. The van der Waals surface area contributed by atoms with Crippen molar-refractivity contribution in [3.63, 3.8) is 0 Å². The summed E-state index contributed by atoms with van der Waals surface area (Å²) in [5.41, 5.74) is 2.21. The number of likely N-dealkylation sites (tertiary alicyclic amines) is 1. The Labute approximate surface area is 158 Å². The maximum atomic E-state index is 12.3. The second-order valence-electron chi connectivity index (χ2n) is 7.15. The van der Waals surface area contributed by atoms with Gasteiger partial charge in [0.2, 0.25) is 0 Å². The lowest BCUT2D eigenvalue weighted by Gasteiger charge is -2.33. The molecule has 1 fully saturated rings. The number of amides is 2. The summed E-state index contributed by atoms with van der Waals surface area (Å²) in [6.07, 6.45) is 4.87. The van der Waals surface area contributed by atoms with Gasteiger partial charge in [-0.25, -0.2) is 4.79 Å². The molecule has 0 saturated carbocycles. The highest BCUT2D eigenvalue weighted by molar-refractivity contribution is 5.73. The second-order valence-corrected chi connectivity index (χ2v) is 7.15. The highest BCUT2D eigenvalue weighted by Gasteiger charge is 2.27. The minimum absolute atomic E-state index is 0.0904. The Balaban J connectivity index is 1.86. The third-order valence-electron chi connectivity index (χ3n) is 5.53. The maximum Gasteiger partial charge on any atom is 0.315 e. The summed E-state index contributed by atoms with van der Waals surface area (Å²) in [6.45, 7) is 8.63. The predicted octanol–water partition coefficient (Wildman–Crippen LogP) is 3.53. The van der Waals surface area contributed by atoms with E-state index in [1.165, 1.54) is 12.8 Å². The van der Waals surface area contributed by atoms with Crippen LogP contribution in [0.15, 0.2) is 24.3 Å². The van der Waals surface area contributed by atoms with Gasteiger partial charge in [0.25, 0.3) is 0 Å². The van der Waals surface area contributed by atoms with Crippen molar-refractivity contribution in [3.8, 4) is 0 Å². The highest BCUT2D eigenvalue weighted by Crippen LogP contribution is 2.22. The van der Waals surface area contributed by atoms with E-state index in [1.807, 2.05) is 24.3 Å². The molecule has 1 aromatic rings. The standard InChI is InChI=1S/C21H35N3O2/c1-4-17(5-2)20(24-12-8-9-13-24)15-23-21(25)22-14-18-10-6-7-11-19(18)16-26-3/h6-7,10-11,17,20H,4-5,8-9,12-16H2,1-3H3,(H2,22,23,25). The molecule has 2 rings (SSSR count). The molecule has 0 bridgehead atoms. The van der Waals surface area contributed by atoms with Crippen LogP contribution >= 0.6 is 0 Å². The first-order valence-electron chi connectivity index (χ1n) is 10.0. The number of nitrogens with zero attached hydrogens (tertiary/aromatic N) is 1. The Morgan fingerprint density at radius 2 is 1.77 bits per heavy atom. The fourth-order valence-corrected chi connectivity index (χ4v) is 3.96. The van der Waals surface area contributed by atoms with Crippen LogP contribution in [0.3, 0.4) is 0 Å². The minimum atomic E-state index is -0.0904. The number of methoxy groups -OCH3 is 1. The molecular formula is C21H35N3O2. The van der Waals surface area contributed by atoms with Gasteiger partial charge in [0.1, 0.15) is 0 Å². The van der Waals surface area contributed by atoms with Crippen LogP contribution in [-0.2, 0) is 17.9 Å². The number of benzene rings is 1. The Hall–Kier alpha value is -1.59. The molecule has 0 aliphatic carbocycles. The van der Waals surface area contributed by atoms with Crippen molar-refractivity contribution in [2.45, 2.75) is 58.7 Å². The van der Waals surface area contributed by atoms with Gasteiger partial charge < -0.3 is 15.4 Å². The zero-order chi connectivity index (χ0) is 18.8. The second kappa shape index (κ2) is 11.2. The fraction of sp³-hybridized carbons (Fsp3) is 0.667. The van der Waals surface area contributed by atoms with Crippen molar-refractivity contribution in [1.82, 2.24) is 15.5 Å². The van der Waals surface area contributed by atoms with Gasteiger partial charge in [0.05, 0.1) is 6.61 Å². The molecule has 2 N–H and O–H groups in total. The zero-order valence-corrected chi connectivity index (χ0v) is 16.6. The van der Waals surface area contributed by atoms with Crippen LogP contribution in [0.1, 0.15) is 50.7 Å². The van der Waals surface area contributed by atoms with Crippen molar-refractivity contribution in [2.75, 3.05) is 26.7 Å². The third-order valence-corrected chi connectivity index (χ3v) is 5.53. The van der Waals surface area contributed by atoms with E-state index in [9.17, 15) is 4.79 Å². The molecule has 1 saturated heterocycles. The van der Waals surface area contributed by atoms with Gasteiger partial charge in [-0.15, -0.1) is 0 Å². The van der Waals surface area contributed by atoms with Crippen LogP contribution in [0.4, 0.5) is 4.79 Å². The van der Waals surface area contributed by atoms with Crippen molar-refractivity contribution < 1.29 is 9.53 Å². The lowest BCUT2D eigenvalue weighted by atomic mass is 9.93. The third kappa shape index (κ3) is 5.99. The number of carbonyl (C=O) groups is 1. The van der Waals surface area contributed by atoms with Gasteiger partial charge in [0, 0.05) is 26.2 Å². The number of hydrogen-bond donors (Lipinski definition) is 2. The van der Waals surface area contributed by atoms with Crippen molar-refractivity contribution in [2.24, 2.45) is 5.92 Å². The number of carbonyl (C=O) groups excluding carboxylic acids is 1. The summed E-state index contributed by atoms with van der Waals surface area (Å²) in [4.78, 5) is 14.9. The van der Waals surface area contributed by atoms with Gasteiger partial charge in [-0.05, 0) is 43.0 Å². The fourth-order valence-electron chi connectivity index (χ4n) is 3.96. The molecule has 0 radical (unpaired) electrons. The van der Waals surface area contributed by atoms with Crippen molar-refractivity contribution in [1.29, 1.82) is 0 Å². The normalized spacial score (nSPS) is 16.0. The molecule has 5 heteroatoms. The van der Waals surface area contributed by atoms with Gasteiger partial charge in [0.15, 0.2) is 0 Å². The molecule has 26 heavy (non-hydrogen) atoms. The first kappa shape index (κ1) is 20.7. The minimum Gasteiger partial charge on any atom is -0.380 e. The first-order valence-corrected chi connectivity index (χ1v) is 10.0. The Morgan fingerprint density at radius 3 is 2.38 bits per heavy atom. The number of ether oxygens (including phenoxy) is 1. The number of nitrogens with one attached hydrogen (secondary N) is 2. The van der Waals surface area contributed by atoms with Gasteiger partial charge >= 0.3 is 6.03 Å². The molecule has 1 unspecified atom stereocenters. The van der Waals surface area contributed by atoms with Crippen molar-refractivity contribution in [3.05, 3.63) is 35.4 Å². The highest BCUT2D eigenvalue weighted by atomic mass is 16.5. The summed E-state index contributed by atoms with van der Waals surface area (Å²) < 4.78 is 5.23. The summed E-state index contributed by atoms with van der Waals surface area (Å²) in [5, 5.41) is 6.10. The van der Waals surface area contributed by atoms with Crippen LogP contribution in [0.2, 0.25) is 0 Å². The lowest BCUT2D eigenvalue weighted by molar-refractivity contribution is 0.161. The van der Waals surface area contributed by atoms with Crippen molar-refractivity contribution >= 4 is 6.03 Å². The molecule has 1 aromatic carbocycles. The van der Waals surface area contributed by atoms with Crippen LogP contribution in [0.25, 0.3) is 0 Å². The molecule has 1 aliphatic rings. The van der Waals surface area contributed by atoms with Gasteiger partial charge in [-0.1, -0.05) is 51.0 Å². The summed E-state index contributed by atoms with van der Waals surface area (Å²) in [5.74, 6) is 0.635. The number of urea groups is 1. The molecule has 2 amide bonds. The quantitative estimate of drug-likeness (QED) is 0.670.